The zero-order chi connectivity index (χ0) is 20.6. The normalized spacial score (nSPS) is 16.2. The third-order valence-corrected chi connectivity index (χ3v) is 6.19. The summed E-state index contributed by atoms with van der Waals surface area (Å²) in [7, 11) is -0.0581. The average molecular weight is 419 g/mol. The SMILES string of the molecule is CN(C)[C@H](CNS(=O)(=O)c1ccc2c(c1)NC(=O)CO2)c1ccc2c(c1)OCO2. The van der Waals surface area contributed by atoms with Crippen molar-refractivity contribution in [1.82, 2.24) is 9.62 Å². The van der Waals surface area contributed by atoms with Crippen LogP contribution in [0.25, 0.3) is 0 Å². The number of nitrogens with one attached hydrogen (secondary N) is 2. The van der Waals surface area contributed by atoms with Gasteiger partial charge in [0.05, 0.1) is 10.6 Å². The first-order valence-electron chi connectivity index (χ1n) is 8.96. The Hall–Kier alpha value is -2.82. The third kappa shape index (κ3) is 4.00. The number of carbonyl (C=O) groups is 1. The highest BCUT2D eigenvalue weighted by Gasteiger charge is 2.24. The molecular formula is C19H21N3O6S. The molecule has 154 valence electrons. The standard InChI is InChI=1S/C19H21N3O6S/c1-22(2)15(12-3-5-17-18(7-12)28-11-27-17)9-20-29(24,25)13-4-6-16-14(8-13)21-19(23)10-26-16/h3-8,15,20H,9-11H2,1-2H3,(H,21,23)/t15-/m1/s1. The van der Waals surface area contributed by atoms with E-state index >= 15 is 0 Å². The molecule has 1 amide bonds. The first kappa shape index (κ1) is 19.5. The maximum atomic E-state index is 12.8. The van der Waals surface area contributed by atoms with Crippen molar-refractivity contribution in [3.63, 3.8) is 0 Å². The molecule has 0 bridgehead atoms. The number of carbonyl (C=O) groups excluding carboxylic acids is 1. The third-order valence-electron chi connectivity index (χ3n) is 4.77. The van der Waals surface area contributed by atoms with E-state index in [0.29, 0.717) is 22.9 Å². The van der Waals surface area contributed by atoms with Crippen molar-refractivity contribution in [2.45, 2.75) is 10.9 Å². The average Bonchev–Trinajstić information content (AvgIpc) is 3.15. The van der Waals surface area contributed by atoms with E-state index in [1.54, 1.807) is 0 Å². The van der Waals surface area contributed by atoms with Crippen LogP contribution in [0, 0.1) is 0 Å². The molecule has 0 aliphatic carbocycles. The number of benzene rings is 2. The van der Waals surface area contributed by atoms with Gasteiger partial charge in [-0.15, -0.1) is 0 Å². The van der Waals surface area contributed by atoms with Crippen molar-refractivity contribution < 1.29 is 27.4 Å². The van der Waals surface area contributed by atoms with E-state index in [2.05, 4.69) is 10.0 Å². The highest BCUT2D eigenvalue weighted by atomic mass is 32.2. The highest BCUT2D eigenvalue weighted by molar-refractivity contribution is 7.89. The van der Waals surface area contributed by atoms with E-state index in [-0.39, 0.29) is 36.8 Å². The van der Waals surface area contributed by atoms with Gasteiger partial charge >= 0.3 is 0 Å². The van der Waals surface area contributed by atoms with E-state index in [0.717, 1.165) is 5.56 Å². The molecular weight excluding hydrogens is 398 g/mol. The molecule has 2 aromatic carbocycles. The van der Waals surface area contributed by atoms with Crippen LogP contribution in [0.3, 0.4) is 0 Å². The Kier molecular flexibility index (Phi) is 5.07. The summed E-state index contributed by atoms with van der Waals surface area (Å²) >= 11 is 0. The Morgan fingerprint density at radius 1 is 1.07 bits per heavy atom. The Morgan fingerprint density at radius 2 is 1.83 bits per heavy atom. The van der Waals surface area contributed by atoms with Crippen molar-refractivity contribution >= 4 is 21.6 Å². The second kappa shape index (κ2) is 7.54. The van der Waals surface area contributed by atoms with Gasteiger partial charge in [-0.2, -0.15) is 0 Å². The lowest BCUT2D eigenvalue weighted by Gasteiger charge is -2.25. The molecule has 2 aliphatic heterocycles. The number of amides is 1. The van der Waals surface area contributed by atoms with Gasteiger partial charge in [-0.05, 0) is 50.0 Å². The largest absolute Gasteiger partial charge is 0.482 e. The predicted molar refractivity (Wildman–Crippen MR) is 105 cm³/mol. The molecule has 0 fully saturated rings. The summed E-state index contributed by atoms with van der Waals surface area (Å²) in [6.07, 6.45) is 0. The number of sulfonamides is 1. The topological polar surface area (TPSA) is 106 Å². The summed E-state index contributed by atoms with van der Waals surface area (Å²) in [6, 6.07) is 9.70. The zero-order valence-electron chi connectivity index (χ0n) is 16.0. The molecule has 2 heterocycles. The van der Waals surface area contributed by atoms with E-state index in [1.807, 2.05) is 37.2 Å². The van der Waals surface area contributed by atoms with E-state index in [9.17, 15) is 13.2 Å². The van der Waals surface area contributed by atoms with Crippen LogP contribution in [0.15, 0.2) is 41.3 Å². The fourth-order valence-corrected chi connectivity index (χ4v) is 4.28. The van der Waals surface area contributed by atoms with Gasteiger partial charge in [-0.3, -0.25) is 4.79 Å². The lowest BCUT2D eigenvalue weighted by atomic mass is 10.1. The summed E-state index contributed by atoms with van der Waals surface area (Å²) in [5, 5.41) is 2.62. The van der Waals surface area contributed by atoms with Crippen LogP contribution in [-0.2, 0) is 14.8 Å². The lowest BCUT2D eigenvalue weighted by molar-refractivity contribution is -0.118. The second-order valence-corrected chi connectivity index (χ2v) is 8.71. The number of anilines is 1. The van der Waals surface area contributed by atoms with Gasteiger partial charge in [0.1, 0.15) is 5.75 Å². The van der Waals surface area contributed by atoms with Crippen molar-refractivity contribution in [2.75, 3.05) is 39.4 Å². The minimum Gasteiger partial charge on any atom is -0.482 e. The molecule has 10 heteroatoms. The minimum atomic E-state index is -3.80. The number of rotatable bonds is 6. The monoisotopic (exact) mass is 419 g/mol. The maximum Gasteiger partial charge on any atom is 0.262 e. The Balaban J connectivity index is 1.53. The van der Waals surface area contributed by atoms with E-state index in [1.165, 1.54) is 18.2 Å². The van der Waals surface area contributed by atoms with Gasteiger partial charge in [0.2, 0.25) is 16.8 Å². The summed E-state index contributed by atoms with van der Waals surface area (Å²) in [6.45, 7) is 0.239. The van der Waals surface area contributed by atoms with Crippen LogP contribution in [-0.4, -0.2) is 53.3 Å². The molecule has 2 aliphatic rings. The Bertz CT molecular complexity index is 1050. The summed E-state index contributed by atoms with van der Waals surface area (Å²) < 4.78 is 44.3. The Labute approximate surface area is 168 Å². The van der Waals surface area contributed by atoms with Crippen LogP contribution in [0.1, 0.15) is 11.6 Å². The number of hydrogen-bond acceptors (Lipinski definition) is 7. The molecule has 2 N–H and O–H groups in total. The molecule has 0 spiro atoms. The number of likely N-dealkylation sites (N-methyl/N-ethyl adjacent to an activating group) is 1. The first-order valence-corrected chi connectivity index (χ1v) is 10.4. The summed E-state index contributed by atoms with van der Waals surface area (Å²) in [4.78, 5) is 13.5. The van der Waals surface area contributed by atoms with E-state index in [4.69, 9.17) is 14.2 Å². The maximum absolute atomic E-state index is 12.8. The molecule has 4 rings (SSSR count). The second-order valence-electron chi connectivity index (χ2n) is 6.94. The molecule has 9 nitrogen and oxygen atoms in total. The van der Waals surface area contributed by atoms with Gasteiger partial charge in [0.25, 0.3) is 5.91 Å². The van der Waals surface area contributed by atoms with Gasteiger partial charge < -0.3 is 24.4 Å². The smallest absolute Gasteiger partial charge is 0.262 e. The van der Waals surface area contributed by atoms with Crippen LogP contribution in [0.4, 0.5) is 5.69 Å². The van der Waals surface area contributed by atoms with Gasteiger partial charge in [0, 0.05) is 12.6 Å². The molecule has 29 heavy (non-hydrogen) atoms. The lowest BCUT2D eigenvalue weighted by Crippen LogP contribution is -2.34. The van der Waals surface area contributed by atoms with Crippen molar-refractivity contribution in [3.05, 3.63) is 42.0 Å². The van der Waals surface area contributed by atoms with Gasteiger partial charge in [0.15, 0.2) is 18.1 Å². The first-order chi connectivity index (χ1) is 13.8. The molecule has 0 unspecified atom stereocenters. The van der Waals surface area contributed by atoms with Crippen LogP contribution in [0.2, 0.25) is 0 Å². The fraction of sp³-hybridized carbons (Fsp3) is 0.316. The summed E-state index contributed by atoms with van der Waals surface area (Å²) in [5.41, 5.74) is 1.23. The zero-order valence-corrected chi connectivity index (χ0v) is 16.8. The van der Waals surface area contributed by atoms with Crippen molar-refractivity contribution in [2.24, 2.45) is 0 Å². The van der Waals surface area contributed by atoms with Crippen molar-refractivity contribution in [3.8, 4) is 17.2 Å². The molecule has 2 aromatic rings. The number of hydrogen-bond donors (Lipinski definition) is 2. The van der Waals surface area contributed by atoms with Crippen LogP contribution < -0.4 is 24.2 Å². The molecule has 0 saturated heterocycles. The van der Waals surface area contributed by atoms with Gasteiger partial charge in [-0.1, -0.05) is 6.07 Å². The fourth-order valence-electron chi connectivity index (χ4n) is 3.22. The number of nitrogens with zero attached hydrogens (tertiary/aromatic N) is 1. The highest BCUT2D eigenvalue weighted by Crippen LogP contribution is 2.35. The molecule has 1 atom stereocenters. The molecule has 0 radical (unpaired) electrons. The van der Waals surface area contributed by atoms with Crippen LogP contribution in [0.5, 0.6) is 17.2 Å². The quantitative estimate of drug-likeness (QED) is 0.728. The summed E-state index contributed by atoms with van der Waals surface area (Å²) in [5.74, 6) is 1.43. The van der Waals surface area contributed by atoms with E-state index < -0.39 is 10.0 Å². The number of ether oxygens (including phenoxy) is 3. The Morgan fingerprint density at radius 3 is 2.62 bits per heavy atom. The molecule has 0 saturated carbocycles. The molecule has 0 aromatic heterocycles. The van der Waals surface area contributed by atoms with Crippen LogP contribution >= 0.6 is 0 Å². The van der Waals surface area contributed by atoms with Gasteiger partial charge in [-0.25, -0.2) is 13.1 Å². The minimum absolute atomic E-state index is 0.0465. The van der Waals surface area contributed by atoms with Crippen molar-refractivity contribution in [1.29, 1.82) is 0 Å². The predicted octanol–water partition coefficient (Wildman–Crippen LogP) is 1.33. The number of fused-ring (bicyclic) bond motifs is 2.